The Balaban J connectivity index is 1.83. The van der Waals surface area contributed by atoms with Gasteiger partial charge in [-0.3, -0.25) is 0 Å². The van der Waals surface area contributed by atoms with Crippen molar-refractivity contribution < 1.29 is 20.1 Å². The van der Waals surface area contributed by atoms with Crippen molar-refractivity contribution in [1.29, 1.82) is 0 Å². The average molecular weight is 342 g/mol. The zero-order chi connectivity index (χ0) is 18.0. The number of benzene rings is 1. The molecular formula is C21H26O4. The first-order chi connectivity index (χ1) is 11.8. The molecule has 4 heteroatoms. The summed E-state index contributed by atoms with van der Waals surface area (Å²) >= 11 is 0. The number of methoxy groups -OCH3 is 1. The number of rotatable bonds is 1. The summed E-state index contributed by atoms with van der Waals surface area (Å²) < 4.78 is 5.87. The van der Waals surface area contributed by atoms with Crippen LogP contribution in [-0.2, 0) is 11.2 Å². The van der Waals surface area contributed by atoms with E-state index in [0.29, 0.717) is 6.42 Å². The third-order valence-corrected chi connectivity index (χ3v) is 7.32. The summed E-state index contributed by atoms with van der Waals surface area (Å²) in [6.45, 7) is 2.02. The lowest BCUT2D eigenvalue weighted by Crippen LogP contribution is -2.55. The molecule has 0 spiro atoms. The predicted octanol–water partition coefficient (Wildman–Crippen LogP) is 2.21. The maximum Gasteiger partial charge on any atom is 0.133 e. The van der Waals surface area contributed by atoms with Crippen LogP contribution in [0.3, 0.4) is 0 Å². The molecule has 0 heterocycles. The van der Waals surface area contributed by atoms with Gasteiger partial charge in [0.2, 0.25) is 0 Å². The van der Waals surface area contributed by atoms with Gasteiger partial charge in [0.15, 0.2) is 0 Å². The minimum absolute atomic E-state index is 0.0492. The van der Waals surface area contributed by atoms with Crippen LogP contribution in [0.4, 0.5) is 0 Å². The molecule has 4 rings (SSSR count). The van der Waals surface area contributed by atoms with E-state index in [1.165, 1.54) is 5.56 Å². The van der Waals surface area contributed by atoms with Gasteiger partial charge in [-0.25, -0.2) is 0 Å². The minimum Gasteiger partial charge on any atom is -0.508 e. The van der Waals surface area contributed by atoms with Crippen LogP contribution in [0.15, 0.2) is 18.2 Å². The van der Waals surface area contributed by atoms with E-state index in [4.69, 9.17) is 11.2 Å². The van der Waals surface area contributed by atoms with Crippen LogP contribution in [0.25, 0.3) is 0 Å². The van der Waals surface area contributed by atoms with E-state index in [-0.39, 0.29) is 36.0 Å². The highest BCUT2D eigenvalue weighted by Crippen LogP contribution is 2.64. The van der Waals surface area contributed by atoms with Crippen LogP contribution in [0.5, 0.6) is 5.75 Å². The van der Waals surface area contributed by atoms with Gasteiger partial charge in [-0.15, -0.1) is 6.42 Å². The van der Waals surface area contributed by atoms with Crippen molar-refractivity contribution in [2.24, 2.45) is 17.3 Å². The summed E-state index contributed by atoms with van der Waals surface area (Å²) in [6.07, 6.45) is 7.63. The smallest absolute Gasteiger partial charge is 0.133 e. The Morgan fingerprint density at radius 2 is 2.08 bits per heavy atom. The summed E-state index contributed by atoms with van der Waals surface area (Å²) in [6, 6.07) is 5.56. The first-order valence-corrected chi connectivity index (χ1v) is 9.07. The monoisotopic (exact) mass is 342 g/mol. The highest BCUT2D eigenvalue weighted by molar-refractivity contribution is 5.42. The third kappa shape index (κ3) is 2.13. The van der Waals surface area contributed by atoms with Gasteiger partial charge >= 0.3 is 0 Å². The number of terminal acetylenes is 1. The fourth-order valence-corrected chi connectivity index (χ4v) is 6.17. The molecule has 2 fully saturated rings. The Morgan fingerprint density at radius 3 is 2.76 bits per heavy atom. The number of aromatic hydroxyl groups is 1. The highest BCUT2D eigenvalue weighted by atomic mass is 16.5. The van der Waals surface area contributed by atoms with Gasteiger partial charge in [0, 0.05) is 24.9 Å². The third-order valence-electron chi connectivity index (χ3n) is 7.32. The van der Waals surface area contributed by atoms with E-state index < -0.39 is 17.1 Å². The summed E-state index contributed by atoms with van der Waals surface area (Å²) in [5.41, 5.74) is 0.504. The summed E-state index contributed by atoms with van der Waals surface area (Å²) in [5.74, 6) is 3.18. The molecule has 25 heavy (non-hydrogen) atoms. The van der Waals surface area contributed by atoms with Crippen molar-refractivity contribution in [2.75, 3.05) is 7.11 Å². The fourth-order valence-electron chi connectivity index (χ4n) is 6.17. The van der Waals surface area contributed by atoms with Crippen molar-refractivity contribution in [3.63, 3.8) is 0 Å². The fraction of sp³-hybridized carbons (Fsp3) is 0.619. The highest BCUT2D eigenvalue weighted by Gasteiger charge is 2.66. The molecule has 3 aliphatic carbocycles. The standard InChI is InChI=1S/C21H26O4/c1-4-21(24)10-16(23)19-15-7-5-12-9-13(22)6-8-14(12)18(15)17(25-3)11-20(19,21)2/h1,6,8-9,15-19,22-24H,5,7,10-11H2,2-3H3/t15-,16+,17+,18-,19-,20+,21+/m1/s1. The molecule has 134 valence electrons. The van der Waals surface area contributed by atoms with Crippen molar-refractivity contribution in [3.8, 4) is 18.1 Å². The molecular weight excluding hydrogens is 316 g/mol. The lowest BCUT2D eigenvalue weighted by Gasteiger charge is -2.55. The molecule has 0 aliphatic heterocycles. The topological polar surface area (TPSA) is 69.9 Å². The zero-order valence-electron chi connectivity index (χ0n) is 14.8. The number of hydrogen-bond donors (Lipinski definition) is 3. The molecule has 0 amide bonds. The van der Waals surface area contributed by atoms with Gasteiger partial charge in [-0.1, -0.05) is 18.9 Å². The van der Waals surface area contributed by atoms with E-state index >= 15 is 0 Å². The molecule has 0 unspecified atom stereocenters. The first kappa shape index (κ1) is 16.9. The number of hydrogen-bond acceptors (Lipinski definition) is 4. The molecule has 0 aromatic heterocycles. The molecule has 1 aromatic rings. The van der Waals surface area contributed by atoms with Gasteiger partial charge in [-0.2, -0.15) is 0 Å². The van der Waals surface area contributed by atoms with E-state index in [1.54, 1.807) is 13.2 Å². The van der Waals surface area contributed by atoms with Gasteiger partial charge in [-0.05, 0) is 54.4 Å². The van der Waals surface area contributed by atoms with E-state index in [0.717, 1.165) is 18.4 Å². The molecule has 3 N–H and O–H groups in total. The number of aliphatic hydroxyl groups is 2. The largest absolute Gasteiger partial charge is 0.508 e. The van der Waals surface area contributed by atoms with Gasteiger partial charge < -0.3 is 20.1 Å². The van der Waals surface area contributed by atoms with Crippen LogP contribution < -0.4 is 0 Å². The number of ether oxygens (including phenoxy) is 1. The maximum atomic E-state index is 11.1. The van der Waals surface area contributed by atoms with Crippen molar-refractivity contribution in [1.82, 2.24) is 0 Å². The summed E-state index contributed by atoms with van der Waals surface area (Å²) in [5, 5.41) is 31.7. The van der Waals surface area contributed by atoms with Crippen LogP contribution in [-0.4, -0.2) is 40.2 Å². The zero-order valence-corrected chi connectivity index (χ0v) is 14.8. The van der Waals surface area contributed by atoms with Crippen LogP contribution >= 0.6 is 0 Å². The SMILES string of the molecule is C#C[C@]1(O)C[C@H](O)[C@H]2[C@@H]3CCc4cc(O)ccc4[C@H]3[C@@H](OC)C[C@@]21C. The van der Waals surface area contributed by atoms with Crippen molar-refractivity contribution in [2.45, 2.75) is 56.3 Å². The molecule has 4 nitrogen and oxygen atoms in total. The second-order valence-corrected chi connectivity index (χ2v) is 8.31. The molecule has 0 saturated heterocycles. The van der Waals surface area contributed by atoms with Crippen molar-refractivity contribution >= 4 is 0 Å². The lowest BCUT2D eigenvalue weighted by molar-refractivity contribution is -0.125. The Bertz CT molecular complexity index is 738. The van der Waals surface area contributed by atoms with E-state index in [2.05, 4.69) is 5.92 Å². The van der Waals surface area contributed by atoms with Gasteiger partial charge in [0.1, 0.15) is 11.4 Å². The first-order valence-electron chi connectivity index (χ1n) is 9.07. The Morgan fingerprint density at radius 1 is 1.32 bits per heavy atom. The quantitative estimate of drug-likeness (QED) is 0.685. The number of aliphatic hydroxyl groups excluding tert-OH is 1. The van der Waals surface area contributed by atoms with Gasteiger partial charge in [0.05, 0.1) is 12.2 Å². The van der Waals surface area contributed by atoms with Crippen LogP contribution in [0.1, 0.15) is 43.2 Å². The average Bonchev–Trinajstić information content (AvgIpc) is 2.79. The lowest BCUT2D eigenvalue weighted by atomic mass is 9.52. The van der Waals surface area contributed by atoms with Crippen LogP contribution in [0.2, 0.25) is 0 Å². The predicted molar refractivity (Wildman–Crippen MR) is 94.1 cm³/mol. The molecule has 2 saturated carbocycles. The number of fused-ring (bicyclic) bond motifs is 5. The second kappa shape index (κ2) is 5.48. The molecule has 1 aromatic carbocycles. The summed E-state index contributed by atoms with van der Waals surface area (Å²) in [4.78, 5) is 0. The van der Waals surface area contributed by atoms with E-state index in [9.17, 15) is 15.3 Å². The number of phenols is 1. The maximum absolute atomic E-state index is 11.1. The summed E-state index contributed by atoms with van der Waals surface area (Å²) in [7, 11) is 1.71. The molecule has 0 radical (unpaired) electrons. The number of phenolic OH excluding ortho intramolecular Hbond substituents is 1. The Kier molecular flexibility index (Phi) is 3.70. The molecule has 3 aliphatic rings. The molecule has 7 atom stereocenters. The second-order valence-electron chi connectivity index (χ2n) is 8.31. The van der Waals surface area contributed by atoms with Crippen molar-refractivity contribution in [3.05, 3.63) is 29.3 Å². The minimum atomic E-state index is -1.30. The Labute approximate surface area is 148 Å². The normalized spacial score (nSPS) is 45.2. The Hall–Kier alpha value is -1.54. The van der Waals surface area contributed by atoms with Gasteiger partial charge in [0.25, 0.3) is 0 Å². The van der Waals surface area contributed by atoms with Crippen LogP contribution in [0, 0.1) is 29.6 Å². The molecule has 0 bridgehead atoms. The van der Waals surface area contributed by atoms with E-state index in [1.807, 2.05) is 19.1 Å². The number of aryl methyl sites for hydroxylation is 1.